The maximum Gasteiger partial charge on any atom is 0.257 e. The van der Waals surface area contributed by atoms with E-state index in [1.807, 2.05) is 42.6 Å². The molecule has 1 unspecified atom stereocenters. The molecule has 7 nitrogen and oxygen atoms in total. The normalized spacial score (nSPS) is 12.0. The van der Waals surface area contributed by atoms with Gasteiger partial charge in [0.05, 0.1) is 18.5 Å². The monoisotopic (exact) mass is 402 g/mol. The van der Waals surface area contributed by atoms with Crippen LogP contribution in [-0.4, -0.2) is 52.1 Å². The maximum absolute atomic E-state index is 12.1. The highest BCUT2D eigenvalue weighted by Crippen LogP contribution is 2.35. The van der Waals surface area contributed by atoms with Gasteiger partial charge in [0.2, 0.25) is 0 Å². The van der Waals surface area contributed by atoms with Crippen molar-refractivity contribution in [1.29, 1.82) is 0 Å². The molecular formula is C23H22N4O3. The number of aromatic amines is 1. The van der Waals surface area contributed by atoms with Gasteiger partial charge in [-0.2, -0.15) is 0 Å². The predicted octanol–water partition coefficient (Wildman–Crippen LogP) is 3.42. The number of nitrogens with zero attached hydrogens (tertiary/aromatic N) is 3. The van der Waals surface area contributed by atoms with Crippen LogP contribution in [0.3, 0.4) is 0 Å². The number of carbonyl (C=O) groups is 1. The Balaban J connectivity index is 1.78. The molecule has 3 heterocycles. The number of rotatable bonds is 5. The SMILES string of the molecule is COc1ccccc1-c1c[nH]c2ncc(-c3cccc(C(O)C(=O)N(C)C)n3)cc12. The summed E-state index contributed by atoms with van der Waals surface area (Å²) >= 11 is 0. The highest BCUT2D eigenvalue weighted by molar-refractivity contribution is 5.97. The van der Waals surface area contributed by atoms with Crippen LogP contribution in [-0.2, 0) is 4.79 Å². The molecule has 1 aromatic carbocycles. The quantitative estimate of drug-likeness (QED) is 0.534. The number of ether oxygens (including phenoxy) is 1. The van der Waals surface area contributed by atoms with Crippen LogP contribution in [0.2, 0.25) is 0 Å². The largest absolute Gasteiger partial charge is 0.496 e. The fraction of sp³-hybridized carbons (Fsp3) is 0.174. The topological polar surface area (TPSA) is 91.3 Å². The molecule has 0 radical (unpaired) electrons. The van der Waals surface area contributed by atoms with Crippen LogP contribution < -0.4 is 4.74 Å². The first kappa shape index (κ1) is 19.6. The highest BCUT2D eigenvalue weighted by Gasteiger charge is 2.21. The average Bonchev–Trinajstić information content (AvgIpc) is 3.21. The van der Waals surface area contributed by atoms with Gasteiger partial charge in [-0.3, -0.25) is 4.79 Å². The summed E-state index contributed by atoms with van der Waals surface area (Å²) in [6.45, 7) is 0. The minimum Gasteiger partial charge on any atom is -0.496 e. The molecule has 3 aromatic heterocycles. The van der Waals surface area contributed by atoms with Crippen molar-refractivity contribution in [2.45, 2.75) is 6.10 Å². The smallest absolute Gasteiger partial charge is 0.257 e. The summed E-state index contributed by atoms with van der Waals surface area (Å²) in [5, 5.41) is 11.3. The molecule has 4 rings (SSSR count). The van der Waals surface area contributed by atoms with E-state index in [1.54, 1.807) is 39.5 Å². The van der Waals surface area contributed by atoms with Gasteiger partial charge in [0, 0.05) is 48.6 Å². The molecule has 1 atom stereocenters. The van der Waals surface area contributed by atoms with E-state index in [2.05, 4.69) is 15.0 Å². The zero-order valence-electron chi connectivity index (χ0n) is 17.0. The van der Waals surface area contributed by atoms with E-state index in [1.165, 1.54) is 4.90 Å². The first-order valence-corrected chi connectivity index (χ1v) is 9.46. The number of hydrogen-bond acceptors (Lipinski definition) is 5. The number of likely N-dealkylation sites (N-methyl/N-ethyl adjacent to an activating group) is 1. The first-order chi connectivity index (χ1) is 14.5. The summed E-state index contributed by atoms with van der Waals surface area (Å²) in [6, 6.07) is 15.0. The van der Waals surface area contributed by atoms with Gasteiger partial charge in [-0.25, -0.2) is 9.97 Å². The van der Waals surface area contributed by atoms with Crippen LogP contribution in [0, 0.1) is 0 Å². The van der Waals surface area contributed by atoms with Gasteiger partial charge >= 0.3 is 0 Å². The van der Waals surface area contributed by atoms with E-state index < -0.39 is 12.0 Å². The van der Waals surface area contributed by atoms with Gasteiger partial charge in [-0.05, 0) is 24.3 Å². The molecule has 2 N–H and O–H groups in total. The minimum atomic E-state index is -1.31. The van der Waals surface area contributed by atoms with Crippen molar-refractivity contribution < 1.29 is 14.6 Å². The fourth-order valence-corrected chi connectivity index (χ4v) is 3.37. The lowest BCUT2D eigenvalue weighted by atomic mass is 10.0. The Morgan fingerprint density at radius 2 is 1.93 bits per heavy atom. The summed E-state index contributed by atoms with van der Waals surface area (Å²) < 4.78 is 5.51. The Labute approximate surface area is 174 Å². The van der Waals surface area contributed by atoms with Crippen molar-refractivity contribution in [1.82, 2.24) is 19.9 Å². The number of hydrogen-bond donors (Lipinski definition) is 2. The zero-order chi connectivity index (χ0) is 21.3. The Hall–Kier alpha value is -3.71. The van der Waals surface area contributed by atoms with E-state index in [-0.39, 0.29) is 0 Å². The number of methoxy groups -OCH3 is 1. The van der Waals surface area contributed by atoms with Crippen molar-refractivity contribution in [2.75, 3.05) is 21.2 Å². The lowest BCUT2D eigenvalue weighted by molar-refractivity contribution is -0.138. The number of H-pyrrole nitrogens is 1. The second kappa shape index (κ2) is 7.96. The highest BCUT2D eigenvalue weighted by atomic mass is 16.5. The summed E-state index contributed by atoms with van der Waals surface area (Å²) in [6.07, 6.45) is 2.31. The number of carbonyl (C=O) groups excluding carboxylic acids is 1. The predicted molar refractivity (Wildman–Crippen MR) is 115 cm³/mol. The second-order valence-electron chi connectivity index (χ2n) is 7.11. The van der Waals surface area contributed by atoms with Crippen LogP contribution >= 0.6 is 0 Å². The standard InChI is InChI=1S/C23H22N4O3/c1-27(2)23(29)21(28)19-9-6-8-18(26-19)14-11-16-17(13-25-22(16)24-12-14)15-7-4-5-10-20(15)30-3/h4-13,21,28H,1-3H3,(H,24,25). The number of pyridine rings is 2. The Kier molecular flexibility index (Phi) is 5.20. The number of aliphatic hydroxyl groups excluding tert-OH is 1. The van der Waals surface area contributed by atoms with Crippen LogP contribution in [0.25, 0.3) is 33.4 Å². The molecule has 4 aromatic rings. The summed E-state index contributed by atoms with van der Waals surface area (Å²) in [4.78, 5) is 25.7. The number of nitrogens with one attached hydrogen (secondary N) is 1. The van der Waals surface area contributed by atoms with Gasteiger partial charge in [-0.1, -0.05) is 24.3 Å². The summed E-state index contributed by atoms with van der Waals surface area (Å²) in [5.41, 5.74) is 4.38. The molecule has 0 spiro atoms. The molecule has 0 saturated carbocycles. The van der Waals surface area contributed by atoms with E-state index >= 15 is 0 Å². The van der Waals surface area contributed by atoms with Crippen molar-refractivity contribution in [2.24, 2.45) is 0 Å². The molecule has 0 aliphatic heterocycles. The average molecular weight is 402 g/mol. The molecule has 152 valence electrons. The number of aromatic nitrogens is 3. The zero-order valence-corrected chi connectivity index (χ0v) is 17.0. The summed E-state index contributed by atoms with van der Waals surface area (Å²) in [5.74, 6) is 0.353. The molecule has 0 saturated heterocycles. The maximum atomic E-state index is 12.1. The number of amides is 1. The third-order valence-electron chi connectivity index (χ3n) is 4.95. The fourth-order valence-electron chi connectivity index (χ4n) is 3.37. The third-order valence-corrected chi connectivity index (χ3v) is 4.95. The molecule has 0 aliphatic rings. The Morgan fingerprint density at radius 3 is 2.70 bits per heavy atom. The molecule has 0 fully saturated rings. The van der Waals surface area contributed by atoms with Gasteiger partial charge in [-0.15, -0.1) is 0 Å². The van der Waals surface area contributed by atoms with Crippen LogP contribution in [0.15, 0.2) is 60.9 Å². The second-order valence-corrected chi connectivity index (χ2v) is 7.11. The van der Waals surface area contributed by atoms with E-state index in [0.29, 0.717) is 11.4 Å². The molecule has 0 aliphatic carbocycles. The van der Waals surface area contributed by atoms with Crippen molar-refractivity contribution in [3.8, 4) is 28.1 Å². The number of benzene rings is 1. The molecular weight excluding hydrogens is 380 g/mol. The Bertz CT molecular complexity index is 1220. The number of para-hydroxylation sites is 1. The first-order valence-electron chi connectivity index (χ1n) is 9.46. The molecule has 0 bridgehead atoms. The number of aliphatic hydroxyl groups is 1. The van der Waals surface area contributed by atoms with Crippen LogP contribution in [0.1, 0.15) is 11.8 Å². The van der Waals surface area contributed by atoms with Crippen molar-refractivity contribution in [3.63, 3.8) is 0 Å². The van der Waals surface area contributed by atoms with Gasteiger partial charge in [0.15, 0.2) is 6.10 Å². The van der Waals surface area contributed by atoms with Crippen LogP contribution in [0.4, 0.5) is 0 Å². The van der Waals surface area contributed by atoms with Gasteiger partial charge in [0.1, 0.15) is 11.4 Å². The van der Waals surface area contributed by atoms with Crippen LogP contribution in [0.5, 0.6) is 5.75 Å². The van der Waals surface area contributed by atoms with E-state index in [0.717, 1.165) is 33.5 Å². The van der Waals surface area contributed by atoms with Gasteiger partial charge < -0.3 is 19.7 Å². The summed E-state index contributed by atoms with van der Waals surface area (Å²) in [7, 11) is 4.84. The molecule has 30 heavy (non-hydrogen) atoms. The van der Waals surface area contributed by atoms with Crippen molar-refractivity contribution >= 4 is 16.9 Å². The lowest BCUT2D eigenvalue weighted by Crippen LogP contribution is -2.28. The third kappa shape index (κ3) is 3.51. The molecule has 7 heteroatoms. The Morgan fingerprint density at radius 1 is 1.13 bits per heavy atom. The van der Waals surface area contributed by atoms with E-state index in [9.17, 15) is 9.90 Å². The number of fused-ring (bicyclic) bond motifs is 1. The molecule has 1 amide bonds. The lowest BCUT2D eigenvalue weighted by Gasteiger charge is -2.16. The van der Waals surface area contributed by atoms with Crippen molar-refractivity contribution in [3.05, 3.63) is 66.6 Å². The van der Waals surface area contributed by atoms with E-state index in [4.69, 9.17) is 4.74 Å². The minimum absolute atomic E-state index is 0.297. The van der Waals surface area contributed by atoms with Gasteiger partial charge in [0.25, 0.3) is 5.91 Å².